The van der Waals surface area contributed by atoms with Crippen LogP contribution >= 0.6 is 11.3 Å². The fourth-order valence-electron chi connectivity index (χ4n) is 3.31. The minimum atomic E-state index is -0.420. The average Bonchev–Trinajstić information content (AvgIpc) is 3.40. The van der Waals surface area contributed by atoms with Gasteiger partial charge in [0.25, 0.3) is 5.91 Å². The Labute approximate surface area is 177 Å². The summed E-state index contributed by atoms with van der Waals surface area (Å²) in [4.78, 5) is 13.5. The lowest BCUT2D eigenvalue weighted by Crippen LogP contribution is -2.23. The molecule has 0 aliphatic rings. The van der Waals surface area contributed by atoms with E-state index < -0.39 is 5.91 Å². The third-order valence-corrected chi connectivity index (χ3v) is 5.66. The van der Waals surface area contributed by atoms with Gasteiger partial charge in [-0.15, -0.1) is 11.3 Å². The fourth-order valence-corrected chi connectivity index (χ4v) is 3.96. The molecular formula is C24H18FN3OS. The molecule has 0 saturated heterocycles. The van der Waals surface area contributed by atoms with Crippen LogP contribution in [-0.4, -0.2) is 10.5 Å². The van der Waals surface area contributed by atoms with Gasteiger partial charge in [-0.25, -0.2) is 4.39 Å². The third kappa shape index (κ3) is 4.17. The highest BCUT2D eigenvalue weighted by atomic mass is 32.1. The summed E-state index contributed by atoms with van der Waals surface area (Å²) < 4.78 is 16.1. The maximum atomic E-state index is 14.1. The molecule has 30 heavy (non-hydrogen) atoms. The molecule has 0 radical (unpaired) electrons. The van der Waals surface area contributed by atoms with Crippen LogP contribution in [0.25, 0.3) is 17.0 Å². The summed E-state index contributed by atoms with van der Waals surface area (Å²) >= 11 is 1.54. The Morgan fingerprint density at radius 1 is 1.13 bits per heavy atom. The molecule has 0 aliphatic heterocycles. The van der Waals surface area contributed by atoms with Crippen LogP contribution in [-0.2, 0) is 17.9 Å². The van der Waals surface area contributed by atoms with Crippen LogP contribution < -0.4 is 5.32 Å². The Morgan fingerprint density at radius 2 is 1.93 bits per heavy atom. The van der Waals surface area contributed by atoms with E-state index in [0.717, 1.165) is 21.3 Å². The Morgan fingerprint density at radius 3 is 2.70 bits per heavy atom. The van der Waals surface area contributed by atoms with Gasteiger partial charge in [0.05, 0.1) is 13.1 Å². The quantitative estimate of drug-likeness (QED) is 0.351. The molecule has 0 fully saturated rings. The van der Waals surface area contributed by atoms with Crippen molar-refractivity contribution >= 4 is 34.2 Å². The van der Waals surface area contributed by atoms with Crippen molar-refractivity contribution in [3.05, 3.63) is 99.6 Å². The smallest absolute Gasteiger partial charge is 0.262 e. The van der Waals surface area contributed by atoms with E-state index in [1.165, 1.54) is 6.07 Å². The standard InChI is InChI=1S/C24H18FN3OS/c25-22-9-3-1-6-17(22)15-28-16-19(21-8-2-4-10-23(21)28)12-18(13-26)24(29)27-14-20-7-5-11-30-20/h1-12,16H,14-15H2,(H,27,29)/b18-12+. The number of nitrogens with one attached hydrogen (secondary N) is 1. The number of carbonyl (C=O) groups is 1. The van der Waals surface area contributed by atoms with Gasteiger partial charge in [0.15, 0.2) is 0 Å². The van der Waals surface area contributed by atoms with Gasteiger partial charge in [-0.3, -0.25) is 4.79 Å². The minimum absolute atomic E-state index is 0.0281. The molecule has 4 rings (SSSR count). The van der Waals surface area contributed by atoms with Crippen molar-refractivity contribution in [2.45, 2.75) is 13.1 Å². The molecule has 0 saturated carbocycles. The second-order valence-electron chi connectivity index (χ2n) is 6.75. The van der Waals surface area contributed by atoms with E-state index in [1.807, 2.05) is 58.6 Å². The van der Waals surface area contributed by atoms with Crippen LogP contribution in [0.3, 0.4) is 0 Å². The number of aromatic nitrogens is 1. The molecule has 0 aliphatic carbocycles. The average molecular weight is 415 g/mol. The number of fused-ring (bicyclic) bond motifs is 1. The van der Waals surface area contributed by atoms with Crippen molar-refractivity contribution < 1.29 is 9.18 Å². The lowest BCUT2D eigenvalue weighted by molar-refractivity contribution is -0.117. The number of benzene rings is 2. The number of nitriles is 1. The zero-order valence-corrected chi connectivity index (χ0v) is 16.8. The zero-order valence-electron chi connectivity index (χ0n) is 16.0. The van der Waals surface area contributed by atoms with Gasteiger partial charge < -0.3 is 9.88 Å². The van der Waals surface area contributed by atoms with Crippen molar-refractivity contribution in [3.8, 4) is 6.07 Å². The highest BCUT2D eigenvalue weighted by Crippen LogP contribution is 2.25. The zero-order chi connectivity index (χ0) is 20.9. The summed E-state index contributed by atoms with van der Waals surface area (Å²) in [5.74, 6) is -0.685. The number of nitrogens with zero attached hydrogens (tertiary/aromatic N) is 2. The summed E-state index contributed by atoms with van der Waals surface area (Å²) in [6, 6.07) is 20.2. The van der Waals surface area contributed by atoms with E-state index in [2.05, 4.69) is 5.32 Å². The molecular weight excluding hydrogens is 397 g/mol. The first-order chi connectivity index (χ1) is 14.7. The van der Waals surface area contributed by atoms with Gasteiger partial charge in [0, 0.05) is 33.1 Å². The number of halogens is 1. The lowest BCUT2D eigenvalue weighted by Gasteiger charge is -2.06. The van der Waals surface area contributed by atoms with E-state index >= 15 is 0 Å². The Hall–Kier alpha value is -3.69. The Kier molecular flexibility index (Phi) is 5.73. The summed E-state index contributed by atoms with van der Waals surface area (Å²) in [6.07, 6.45) is 3.44. The second kappa shape index (κ2) is 8.76. The van der Waals surface area contributed by atoms with Gasteiger partial charge in [0.2, 0.25) is 0 Å². The lowest BCUT2D eigenvalue weighted by atomic mass is 10.1. The molecule has 4 aromatic rings. The van der Waals surface area contributed by atoms with Crippen LogP contribution in [0, 0.1) is 17.1 Å². The maximum Gasteiger partial charge on any atom is 0.262 e. The van der Waals surface area contributed by atoms with Crippen molar-refractivity contribution in [3.63, 3.8) is 0 Å². The van der Waals surface area contributed by atoms with Crippen LogP contribution in [0.2, 0.25) is 0 Å². The third-order valence-electron chi connectivity index (χ3n) is 4.79. The molecule has 2 aromatic carbocycles. The summed E-state index contributed by atoms with van der Waals surface area (Å²) in [6.45, 7) is 0.734. The molecule has 1 amide bonds. The Bertz CT molecular complexity index is 1270. The van der Waals surface area contributed by atoms with E-state index in [1.54, 1.807) is 35.6 Å². The summed E-state index contributed by atoms with van der Waals surface area (Å²) in [7, 11) is 0. The number of thiophene rings is 1. The maximum absolute atomic E-state index is 14.1. The molecule has 0 unspecified atom stereocenters. The van der Waals surface area contributed by atoms with Gasteiger partial charge >= 0.3 is 0 Å². The molecule has 1 N–H and O–H groups in total. The molecule has 0 bridgehead atoms. The van der Waals surface area contributed by atoms with Crippen LogP contribution in [0.5, 0.6) is 0 Å². The highest BCUT2D eigenvalue weighted by molar-refractivity contribution is 7.09. The fraction of sp³-hybridized carbons (Fsp3) is 0.0833. The molecule has 148 valence electrons. The highest BCUT2D eigenvalue weighted by Gasteiger charge is 2.13. The molecule has 4 nitrogen and oxygen atoms in total. The number of hydrogen-bond donors (Lipinski definition) is 1. The normalized spacial score (nSPS) is 11.4. The number of amides is 1. The number of carbonyl (C=O) groups excluding carboxylic acids is 1. The molecule has 0 atom stereocenters. The van der Waals surface area contributed by atoms with Gasteiger partial charge in [0.1, 0.15) is 17.5 Å². The molecule has 6 heteroatoms. The van der Waals surface area contributed by atoms with Crippen LogP contribution in [0.15, 0.2) is 77.8 Å². The predicted molar refractivity (Wildman–Crippen MR) is 117 cm³/mol. The van der Waals surface area contributed by atoms with Crippen LogP contribution in [0.1, 0.15) is 16.0 Å². The van der Waals surface area contributed by atoms with Crippen LogP contribution in [0.4, 0.5) is 4.39 Å². The number of rotatable bonds is 6. The Balaban J connectivity index is 1.65. The molecule has 0 spiro atoms. The SMILES string of the molecule is N#C/C(=C\c1cn(Cc2ccccc2F)c2ccccc12)C(=O)NCc1cccs1. The first-order valence-electron chi connectivity index (χ1n) is 9.39. The number of hydrogen-bond acceptors (Lipinski definition) is 3. The summed E-state index contributed by atoms with van der Waals surface area (Å²) in [5.41, 5.74) is 2.25. The predicted octanol–water partition coefficient (Wildman–Crippen LogP) is 5.11. The first-order valence-corrected chi connectivity index (χ1v) is 10.3. The first kappa shape index (κ1) is 19.6. The molecule has 2 aromatic heterocycles. The summed E-state index contributed by atoms with van der Waals surface area (Å²) in [5, 5.41) is 15.1. The van der Waals surface area contributed by atoms with E-state index in [-0.39, 0.29) is 11.4 Å². The van der Waals surface area contributed by atoms with Gasteiger partial charge in [-0.2, -0.15) is 5.26 Å². The van der Waals surface area contributed by atoms with Crippen molar-refractivity contribution in [2.75, 3.05) is 0 Å². The van der Waals surface area contributed by atoms with Crippen molar-refractivity contribution in [2.24, 2.45) is 0 Å². The van der Waals surface area contributed by atoms with Crippen molar-refractivity contribution in [1.82, 2.24) is 9.88 Å². The van der Waals surface area contributed by atoms with E-state index in [0.29, 0.717) is 18.7 Å². The monoisotopic (exact) mass is 415 g/mol. The van der Waals surface area contributed by atoms with Crippen molar-refractivity contribution in [1.29, 1.82) is 5.26 Å². The largest absolute Gasteiger partial charge is 0.347 e. The topological polar surface area (TPSA) is 57.8 Å². The van der Waals surface area contributed by atoms with E-state index in [4.69, 9.17) is 0 Å². The minimum Gasteiger partial charge on any atom is -0.347 e. The van der Waals surface area contributed by atoms with Gasteiger partial charge in [-0.05, 0) is 29.7 Å². The van der Waals surface area contributed by atoms with E-state index in [9.17, 15) is 14.4 Å². The second-order valence-corrected chi connectivity index (χ2v) is 7.79. The molecule has 2 heterocycles. The number of para-hydroxylation sites is 1. The van der Waals surface area contributed by atoms with Gasteiger partial charge in [-0.1, -0.05) is 42.5 Å².